The number of allylic oxidation sites excluding steroid dienone is 3. The SMILES string of the molecule is C=C=C(C)C1C=CC(=O)C1. The van der Waals surface area contributed by atoms with E-state index in [4.69, 9.17) is 0 Å². The van der Waals surface area contributed by atoms with E-state index in [1.807, 2.05) is 13.0 Å². The molecule has 0 N–H and O–H groups in total. The zero-order valence-corrected chi connectivity index (χ0v) is 6.05. The maximum absolute atomic E-state index is 10.7. The summed E-state index contributed by atoms with van der Waals surface area (Å²) >= 11 is 0. The Bertz CT molecular complexity index is 229. The number of carbonyl (C=O) groups excluding carboxylic acids is 1. The van der Waals surface area contributed by atoms with Gasteiger partial charge in [-0.15, -0.1) is 5.73 Å². The highest BCUT2D eigenvalue weighted by molar-refractivity contribution is 5.92. The Hall–Kier alpha value is -1.07. The second-order valence-corrected chi connectivity index (χ2v) is 2.50. The summed E-state index contributed by atoms with van der Waals surface area (Å²) in [5.41, 5.74) is 3.85. The topological polar surface area (TPSA) is 17.1 Å². The number of carbonyl (C=O) groups is 1. The van der Waals surface area contributed by atoms with Crippen molar-refractivity contribution < 1.29 is 4.79 Å². The normalized spacial score (nSPS) is 22.9. The van der Waals surface area contributed by atoms with E-state index < -0.39 is 0 Å². The van der Waals surface area contributed by atoms with Gasteiger partial charge in [0, 0.05) is 12.3 Å². The summed E-state index contributed by atoms with van der Waals surface area (Å²) < 4.78 is 0. The van der Waals surface area contributed by atoms with Crippen molar-refractivity contribution in [3.8, 4) is 0 Å². The van der Waals surface area contributed by atoms with Gasteiger partial charge in [-0.25, -0.2) is 0 Å². The molecule has 0 saturated carbocycles. The Balaban J connectivity index is 2.72. The first kappa shape index (κ1) is 7.04. The molecule has 0 aromatic carbocycles. The van der Waals surface area contributed by atoms with Gasteiger partial charge in [-0.2, -0.15) is 0 Å². The molecule has 0 heterocycles. The molecule has 0 fully saturated rings. The van der Waals surface area contributed by atoms with Crippen molar-refractivity contribution in [2.75, 3.05) is 0 Å². The van der Waals surface area contributed by atoms with Crippen LogP contribution < -0.4 is 0 Å². The summed E-state index contributed by atoms with van der Waals surface area (Å²) in [5, 5.41) is 0. The lowest BCUT2D eigenvalue weighted by Crippen LogP contribution is -1.96. The summed E-state index contributed by atoms with van der Waals surface area (Å²) in [5.74, 6) is 0.476. The van der Waals surface area contributed by atoms with Gasteiger partial charge < -0.3 is 0 Å². The van der Waals surface area contributed by atoms with Crippen LogP contribution >= 0.6 is 0 Å². The van der Waals surface area contributed by atoms with Crippen LogP contribution in [0.25, 0.3) is 0 Å². The lowest BCUT2D eigenvalue weighted by Gasteiger charge is -2.01. The molecule has 0 bridgehead atoms. The predicted octanol–water partition coefficient (Wildman–Crippen LogP) is 1.86. The molecule has 10 heavy (non-hydrogen) atoms. The minimum atomic E-state index is 0.208. The van der Waals surface area contributed by atoms with E-state index in [2.05, 4.69) is 12.3 Å². The van der Waals surface area contributed by atoms with E-state index in [-0.39, 0.29) is 11.7 Å². The van der Waals surface area contributed by atoms with Crippen molar-refractivity contribution >= 4 is 5.78 Å². The summed E-state index contributed by atoms with van der Waals surface area (Å²) in [7, 11) is 0. The molecule has 1 aliphatic carbocycles. The van der Waals surface area contributed by atoms with Crippen LogP contribution in [0.2, 0.25) is 0 Å². The molecular weight excluding hydrogens is 124 g/mol. The number of rotatable bonds is 1. The van der Waals surface area contributed by atoms with E-state index in [9.17, 15) is 4.79 Å². The summed E-state index contributed by atoms with van der Waals surface area (Å²) in [4.78, 5) is 10.7. The third kappa shape index (κ3) is 1.26. The molecule has 1 atom stereocenters. The first-order valence-electron chi connectivity index (χ1n) is 3.31. The fourth-order valence-electron chi connectivity index (χ4n) is 1.00. The molecule has 1 aliphatic rings. The second-order valence-electron chi connectivity index (χ2n) is 2.50. The Kier molecular flexibility index (Phi) is 1.88. The molecular formula is C9H10O. The van der Waals surface area contributed by atoms with E-state index >= 15 is 0 Å². The van der Waals surface area contributed by atoms with Crippen molar-refractivity contribution in [2.45, 2.75) is 13.3 Å². The highest BCUT2D eigenvalue weighted by Gasteiger charge is 2.16. The smallest absolute Gasteiger partial charge is 0.156 e. The number of hydrogen-bond acceptors (Lipinski definition) is 1. The molecule has 0 radical (unpaired) electrons. The predicted molar refractivity (Wildman–Crippen MR) is 40.6 cm³/mol. The van der Waals surface area contributed by atoms with Crippen LogP contribution in [-0.4, -0.2) is 5.78 Å². The molecule has 0 aromatic heterocycles. The molecule has 0 aliphatic heterocycles. The van der Waals surface area contributed by atoms with Crippen LogP contribution in [0.3, 0.4) is 0 Å². The number of ketones is 1. The minimum absolute atomic E-state index is 0.208. The van der Waals surface area contributed by atoms with Gasteiger partial charge in [0.2, 0.25) is 0 Å². The molecule has 0 aromatic rings. The van der Waals surface area contributed by atoms with E-state index in [0.29, 0.717) is 6.42 Å². The molecule has 1 nitrogen and oxygen atoms in total. The van der Waals surface area contributed by atoms with Crippen LogP contribution in [0, 0.1) is 5.92 Å². The van der Waals surface area contributed by atoms with Gasteiger partial charge in [0.15, 0.2) is 5.78 Å². The maximum atomic E-state index is 10.7. The molecule has 1 rings (SSSR count). The molecule has 1 heteroatoms. The maximum Gasteiger partial charge on any atom is 0.156 e. The van der Waals surface area contributed by atoms with E-state index in [1.54, 1.807) is 6.08 Å². The Morgan fingerprint density at radius 3 is 3.00 bits per heavy atom. The van der Waals surface area contributed by atoms with E-state index in [0.717, 1.165) is 5.57 Å². The van der Waals surface area contributed by atoms with Crippen LogP contribution in [-0.2, 0) is 4.79 Å². The molecule has 0 amide bonds. The molecule has 1 unspecified atom stereocenters. The highest BCUT2D eigenvalue weighted by Crippen LogP contribution is 2.20. The van der Waals surface area contributed by atoms with Crippen LogP contribution in [0.5, 0.6) is 0 Å². The van der Waals surface area contributed by atoms with Gasteiger partial charge in [-0.3, -0.25) is 4.79 Å². The Labute approximate surface area is 60.7 Å². The van der Waals surface area contributed by atoms with Crippen molar-refractivity contribution in [1.29, 1.82) is 0 Å². The average molecular weight is 134 g/mol. The monoisotopic (exact) mass is 134 g/mol. The zero-order valence-electron chi connectivity index (χ0n) is 6.05. The molecule has 0 spiro atoms. The van der Waals surface area contributed by atoms with Gasteiger partial charge in [0.25, 0.3) is 0 Å². The average Bonchev–Trinajstić information content (AvgIpc) is 2.34. The molecule has 0 saturated heterocycles. The number of hydrogen-bond donors (Lipinski definition) is 0. The highest BCUT2D eigenvalue weighted by atomic mass is 16.1. The summed E-state index contributed by atoms with van der Waals surface area (Å²) in [6.45, 7) is 5.47. The second kappa shape index (κ2) is 2.68. The lowest BCUT2D eigenvalue weighted by atomic mass is 10.0. The minimum Gasteiger partial charge on any atom is -0.295 e. The van der Waals surface area contributed by atoms with Crippen LogP contribution in [0.4, 0.5) is 0 Å². The fraction of sp³-hybridized carbons (Fsp3) is 0.333. The van der Waals surface area contributed by atoms with Crippen molar-refractivity contribution in [2.24, 2.45) is 5.92 Å². The van der Waals surface area contributed by atoms with Gasteiger partial charge in [0.05, 0.1) is 0 Å². The van der Waals surface area contributed by atoms with Crippen LogP contribution in [0.1, 0.15) is 13.3 Å². The fourth-order valence-corrected chi connectivity index (χ4v) is 1.00. The quantitative estimate of drug-likeness (QED) is 0.500. The summed E-state index contributed by atoms with van der Waals surface area (Å²) in [6.07, 6.45) is 4.15. The zero-order chi connectivity index (χ0) is 7.56. The first-order valence-corrected chi connectivity index (χ1v) is 3.31. The third-order valence-corrected chi connectivity index (χ3v) is 1.77. The van der Waals surface area contributed by atoms with Crippen molar-refractivity contribution in [3.05, 3.63) is 30.0 Å². The van der Waals surface area contributed by atoms with Gasteiger partial charge in [-0.05, 0) is 18.6 Å². The third-order valence-electron chi connectivity index (χ3n) is 1.77. The van der Waals surface area contributed by atoms with Gasteiger partial charge in [-0.1, -0.05) is 12.7 Å². The van der Waals surface area contributed by atoms with Crippen LogP contribution in [0.15, 0.2) is 30.0 Å². The van der Waals surface area contributed by atoms with Crippen molar-refractivity contribution in [3.63, 3.8) is 0 Å². The van der Waals surface area contributed by atoms with E-state index in [1.165, 1.54) is 0 Å². The van der Waals surface area contributed by atoms with Gasteiger partial charge >= 0.3 is 0 Å². The summed E-state index contributed by atoms with van der Waals surface area (Å²) in [6, 6.07) is 0. The van der Waals surface area contributed by atoms with Gasteiger partial charge in [0.1, 0.15) is 0 Å². The first-order chi connectivity index (χ1) is 4.74. The van der Waals surface area contributed by atoms with Crippen molar-refractivity contribution in [1.82, 2.24) is 0 Å². The standard InChI is InChI=1S/C9H10O/c1-3-7(2)8-4-5-9(10)6-8/h4-5,8H,1,6H2,2H3. The Morgan fingerprint density at radius 2 is 2.60 bits per heavy atom. The Morgan fingerprint density at radius 1 is 1.90 bits per heavy atom. The molecule has 52 valence electrons. The largest absolute Gasteiger partial charge is 0.295 e. The lowest BCUT2D eigenvalue weighted by molar-refractivity contribution is -0.114.